The zero-order chi connectivity index (χ0) is 18.7. The second-order valence-corrected chi connectivity index (χ2v) is 7.37. The summed E-state index contributed by atoms with van der Waals surface area (Å²) in [6.07, 6.45) is -3.18. The smallest absolute Gasteiger partial charge is 0.417 e. The van der Waals surface area contributed by atoms with Gasteiger partial charge in [-0.3, -0.25) is 4.98 Å². The maximum Gasteiger partial charge on any atom is 0.417 e. The van der Waals surface area contributed by atoms with E-state index in [1.54, 1.807) is 12.1 Å². The number of pyridine rings is 1. The molecule has 0 amide bonds. The fourth-order valence-corrected chi connectivity index (χ4v) is 3.34. The Kier molecular flexibility index (Phi) is 5.69. The average Bonchev–Trinajstić information content (AvgIpc) is 2.55. The third-order valence-electron chi connectivity index (χ3n) is 3.47. The van der Waals surface area contributed by atoms with Gasteiger partial charge in [-0.25, -0.2) is 8.42 Å². The molecule has 0 radical (unpaired) electrons. The third-order valence-corrected chi connectivity index (χ3v) is 5.36. The highest BCUT2D eigenvalue weighted by molar-refractivity contribution is 7.89. The van der Waals surface area contributed by atoms with Gasteiger partial charge in [0.15, 0.2) is 0 Å². The molecule has 0 aliphatic rings. The van der Waals surface area contributed by atoms with Crippen LogP contribution in [0.4, 0.5) is 13.2 Å². The van der Waals surface area contributed by atoms with Crippen molar-refractivity contribution in [1.29, 1.82) is 0 Å². The van der Waals surface area contributed by atoms with E-state index in [-0.39, 0.29) is 13.2 Å². The number of rotatable bonds is 6. The molecule has 0 aliphatic carbocycles. The molecule has 0 saturated heterocycles. The monoisotopic (exact) mass is 374 g/mol. The average molecular weight is 374 g/mol. The van der Waals surface area contributed by atoms with Gasteiger partial charge in [0.25, 0.3) is 0 Å². The first-order valence-electron chi connectivity index (χ1n) is 7.29. The van der Waals surface area contributed by atoms with Gasteiger partial charge >= 0.3 is 6.18 Å². The number of halogens is 3. The second-order valence-electron chi connectivity index (χ2n) is 5.36. The molecule has 1 aromatic carbocycles. The molecule has 2 rings (SSSR count). The van der Waals surface area contributed by atoms with Crippen molar-refractivity contribution in [3.63, 3.8) is 0 Å². The number of aryl methyl sites for hydroxylation is 1. The first kappa shape index (κ1) is 19.2. The van der Waals surface area contributed by atoms with Crippen LogP contribution >= 0.6 is 0 Å². The number of sulfonamides is 1. The first-order valence-corrected chi connectivity index (χ1v) is 8.73. The Labute approximate surface area is 144 Å². The zero-order valence-corrected chi connectivity index (χ0v) is 14.4. The zero-order valence-electron chi connectivity index (χ0n) is 13.6. The van der Waals surface area contributed by atoms with E-state index in [1.165, 1.54) is 7.05 Å². The highest BCUT2D eigenvalue weighted by atomic mass is 32.2. The molecule has 0 aliphatic heterocycles. The number of likely N-dealkylation sites (N-methyl/N-ethyl adjacent to an activating group) is 1. The van der Waals surface area contributed by atoms with E-state index >= 15 is 0 Å². The molecule has 0 saturated carbocycles. The number of hydrogen-bond acceptors (Lipinski definition) is 4. The van der Waals surface area contributed by atoms with E-state index in [1.807, 2.05) is 19.1 Å². The predicted molar refractivity (Wildman–Crippen MR) is 85.7 cm³/mol. The van der Waals surface area contributed by atoms with Crippen LogP contribution in [-0.4, -0.2) is 37.9 Å². The molecule has 0 atom stereocenters. The van der Waals surface area contributed by atoms with Crippen LogP contribution in [0.5, 0.6) is 5.75 Å². The summed E-state index contributed by atoms with van der Waals surface area (Å²) in [5.41, 5.74) is -0.197. The minimum Gasteiger partial charge on any atom is -0.492 e. The normalized spacial score (nSPS) is 12.4. The Balaban J connectivity index is 2.10. The highest BCUT2D eigenvalue weighted by Crippen LogP contribution is 2.34. The van der Waals surface area contributed by atoms with Gasteiger partial charge in [-0.05, 0) is 25.1 Å². The summed E-state index contributed by atoms with van der Waals surface area (Å²) < 4.78 is 70.1. The van der Waals surface area contributed by atoms with Crippen molar-refractivity contribution in [2.45, 2.75) is 18.0 Å². The van der Waals surface area contributed by atoms with Crippen molar-refractivity contribution in [1.82, 2.24) is 9.29 Å². The topological polar surface area (TPSA) is 59.5 Å². The lowest BCUT2D eigenvalue weighted by Gasteiger charge is -2.20. The van der Waals surface area contributed by atoms with Gasteiger partial charge in [0.2, 0.25) is 10.0 Å². The Hall–Kier alpha value is -2.13. The van der Waals surface area contributed by atoms with Crippen molar-refractivity contribution in [2.24, 2.45) is 0 Å². The van der Waals surface area contributed by atoms with Crippen molar-refractivity contribution in [2.75, 3.05) is 20.2 Å². The molecule has 0 N–H and O–H groups in total. The molecule has 2 aromatic rings. The van der Waals surface area contributed by atoms with Gasteiger partial charge in [0.05, 0.1) is 5.56 Å². The van der Waals surface area contributed by atoms with E-state index in [4.69, 9.17) is 4.74 Å². The summed E-state index contributed by atoms with van der Waals surface area (Å²) in [5.74, 6) is 0.550. The molecular weight excluding hydrogens is 357 g/mol. The summed E-state index contributed by atoms with van der Waals surface area (Å²) >= 11 is 0. The number of alkyl halides is 3. The summed E-state index contributed by atoms with van der Waals surface area (Å²) in [6, 6.07) is 7.77. The van der Waals surface area contributed by atoms with Crippen molar-refractivity contribution >= 4 is 10.0 Å². The maximum atomic E-state index is 13.0. The molecule has 1 heterocycles. The fourth-order valence-electron chi connectivity index (χ4n) is 2.03. The summed E-state index contributed by atoms with van der Waals surface area (Å²) in [6.45, 7) is 1.80. The Morgan fingerprint density at radius 1 is 1.16 bits per heavy atom. The van der Waals surface area contributed by atoms with Crippen LogP contribution in [0.15, 0.2) is 47.6 Å². The van der Waals surface area contributed by atoms with Crippen LogP contribution in [0.3, 0.4) is 0 Å². The summed E-state index contributed by atoms with van der Waals surface area (Å²) in [5, 5.41) is 0. The lowest BCUT2D eigenvalue weighted by molar-refractivity contribution is -0.140. The van der Waals surface area contributed by atoms with Crippen LogP contribution in [0.25, 0.3) is 0 Å². The molecule has 5 nitrogen and oxygen atoms in total. The molecule has 9 heteroatoms. The standard InChI is InChI=1S/C16H17F3N2O3S/c1-12-3-5-13(6-4-12)24-10-9-21(2)25(22,23)15-11-20-8-7-14(15)16(17,18)19/h3-8,11H,9-10H2,1-2H3. The largest absolute Gasteiger partial charge is 0.492 e. The minimum absolute atomic E-state index is 0.000401. The van der Waals surface area contributed by atoms with Gasteiger partial charge in [-0.2, -0.15) is 17.5 Å². The van der Waals surface area contributed by atoms with Crippen molar-refractivity contribution in [3.8, 4) is 5.75 Å². The Morgan fingerprint density at radius 3 is 2.40 bits per heavy atom. The highest BCUT2D eigenvalue weighted by Gasteiger charge is 2.38. The van der Waals surface area contributed by atoms with Gasteiger partial charge in [0.1, 0.15) is 17.3 Å². The quantitative estimate of drug-likeness (QED) is 0.780. The summed E-state index contributed by atoms with van der Waals surface area (Å²) in [7, 11) is -3.15. The van der Waals surface area contributed by atoms with Crippen LogP contribution in [0, 0.1) is 6.92 Å². The SMILES string of the molecule is Cc1ccc(OCCN(C)S(=O)(=O)c2cnccc2C(F)(F)F)cc1. The van der Waals surface area contributed by atoms with E-state index in [0.717, 1.165) is 16.1 Å². The van der Waals surface area contributed by atoms with Crippen molar-refractivity contribution in [3.05, 3.63) is 53.9 Å². The molecule has 136 valence electrons. The van der Waals surface area contributed by atoms with Gasteiger partial charge < -0.3 is 4.74 Å². The minimum atomic E-state index is -4.79. The second kappa shape index (κ2) is 7.40. The summed E-state index contributed by atoms with van der Waals surface area (Å²) in [4.78, 5) is 2.63. The Morgan fingerprint density at radius 2 is 1.80 bits per heavy atom. The first-order chi connectivity index (χ1) is 11.6. The lowest BCUT2D eigenvalue weighted by atomic mass is 10.2. The fraction of sp³-hybridized carbons (Fsp3) is 0.312. The van der Waals surface area contributed by atoms with E-state index in [9.17, 15) is 21.6 Å². The predicted octanol–water partition coefficient (Wildman–Crippen LogP) is 3.11. The van der Waals surface area contributed by atoms with Gasteiger partial charge in [-0.1, -0.05) is 17.7 Å². The van der Waals surface area contributed by atoms with E-state index < -0.39 is 26.7 Å². The van der Waals surface area contributed by atoms with E-state index in [0.29, 0.717) is 18.0 Å². The van der Waals surface area contributed by atoms with Crippen LogP contribution < -0.4 is 4.74 Å². The number of hydrogen-bond donors (Lipinski definition) is 0. The van der Waals surface area contributed by atoms with Gasteiger partial charge in [-0.15, -0.1) is 0 Å². The lowest BCUT2D eigenvalue weighted by Crippen LogP contribution is -2.32. The van der Waals surface area contributed by atoms with E-state index in [2.05, 4.69) is 4.98 Å². The van der Waals surface area contributed by atoms with Crippen LogP contribution in [-0.2, 0) is 16.2 Å². The molecule has 0 fully saturated rings. The third kappa shape index (κ3) is 4.70. The van der Waals surface area contributed by atoms with Crippen molar-refractivity contribution < 1.29 is 26.3 Å². The molecule has 0 unspecified atom stereocenters. The van der Waals surface area contributed by atoms with Gasteiger partial charge in [0, 0.05) is 26.0 Å². The number of benzene rings is 1. The maximum absolute atomic E-state index is 13.0. The molecule has 0 bridgehead atoms. The molecular formula is C16H17F3N2O3S. The molecule has 0 spiro atoms. The number of nitrogens with zero attached hydrogens (tertiary/aromatic N) is 2. The Bertz CT molecular complexity index is 821. The number of ether oxygens (including phenoxy) is 1. The number of aromatic nitrogens is 1. The van der Waals surface area contributed by atoms with Crippen LogP contribution in [0.1, 0.15) is 11.1 Å². The molecule has 25 heavy (non-hydrogen) atoms. The van der Waals surface area contributed by atoms with Crippen LogP contribution in [0.2, 0.25) is 0 Å². The molecule has 1 aromatic heterocycles.